The maximum atomic E-state index is 11.8. The van der Waals surface area contributed by atoms with E-state index in [2.05, 4.69) is 4.18 Å². The van der Waals surface area contributed by atoms with Crippen LogP contribution in [0.15, 0.2) is 0 Å². The molecule has 0 aliphatic carbocycles. The predicted molar refractivity (Wildman–Crippen MR) is 27.1 cm³/mol. The number of halogens is 2. The van der Waals surface area contributed by atoms with Crippen LogP contribution in [0.5, 0.6) is 0 Å². The van der Waals surface area contributed by atoms with Crippen LogP contribution in [0.1, 0.15) is 13.3 Å². The molecule has 0 fully saturated rings. The zero-order valence-corrected chi connectivity index (χ0v) is 5.45. The Balaban J connectivity index is 3.71. The molecule has 0 radical (unpaired) electrons. The molecule has 9 heavy (non-hydrogen) atoms. The first-order valence-corrected chi connectivity index (χ1v) is 3.19. The topological polar surface area (TPSA) is 46.5 Å². The summed E-state index contributed by atoms with van der Waals surface area (Å²) in [5.41, 5.74) is 0. The van der Waals surface area contributed by atoms with Crippen LogP contribution in [0.4, 0.5) is 8.78 Å². The summed E-state index contributed by atoms with van der Waals surface area (Å²) in [4.78, 5) is 0. The van der Waals surface area contributed by atoms with Gasteiger partial charge in [-0.05, 0) is 0 Å². The molecular formula is C3H6F2O3S. The van der Waals surface area contributed by atoms with Crippen molar-refractivity contribution in [3.63, 3.8) is 0 Å². The second-order valence-corrected chi connectivity index (χ2v) is 1.89. The van der Waals surface area contributed by atoms with Gasteiger partial charge < -0.3 is 0 Å². The average Bonchev–Trinajstić information content (AvgIpc) is 1.63. The van der Waals surface area contributed by atoms with Crippen LogP contribution in [-0.4, -0.2) is 14.9 Å². The first kappa shape index (κ1) is 8.93. The van der Waals surface area contributed by atoms with Crippen LogP contribution in [0.2, 0.25) is 0 Å². The summed E-state index contributed by atoms with van der Waals surface area (Å²) >= 11 is -2.88. The largest absolute Gasteiger partial charge is 0.369 e. The van der Waals surface area contributed by atoms with Gasteiger partial charge in [0, 0.05) is 6.42 Å². The lowest BCUT2D eigenvalue weighted by molar-refractivity contribution is -0.173. The molecule has 0 heterocycles. The minimum absolute atomic E-state index is 0.612. The third-order valence-corrected chi connectivity index (χ3v) is 0.991. The molecular weight excluding hydrogens is 154 g/mol. The highest BCUT2D eigenvalue weighted by atomic mass is 32.2. The van der Waals surface area contributed by atoms with E-state index in [9.17, 15) is 13.0 Å². The van der Waals surface area contributed by atoms with Crippen molar-refractivity contribution in [3.05, 3.63) is 0 Å². The molecule has 1 unspecified atom stereocenters. The lowest BCUT2D eigenvalue weighted by Gasteiger charge is -2.09. The molecule has 1 N–H and O–H groups in total. The van der Waals surface area contributed by atoms with Crippen LogP contribution in [0, 0.1) is 0 Å². The molecule has 0 aromatic carbocycles. The Kier molecular flexibility index (Phi) is 3.16. The minimum Gasteiger partial charge on any atom is -0.284 e. The molecule has 0 spiro atoms. The van der Waals surface area contributed by atoms with E-state index in [4.69, 9.17) is 4.55 Å². The van der Waals surface area contributed by atoms with Crippen molar-refractivity contribution in [2.45, 2.75) is 19.5 Å². The number of alkyl halides is 2. The third kappa shape index (κ3) is 4.43. The van der Waals surface area contributed by atoms with Gasteiger partial charge >= 0.3 is 17.5 Å². The molecule has 1 atom stereocenters. The summed E-state index contributed by atoms with van der Waals surface area (Å²) in [7, 11) is 0. The van der Waals surface area contributed by atoms with E-state index in [1.807, 2.05) is 0 Å². The van der Waals surface area contributed by atoms with Crippen molar-refractivity contribution >= 4 is 11.4 Å². The summed E-state index contributed by atoms with van der Waals surface area (Å²) in [6, 6.07) is 0. The van der Waals surface area contributed by atoms with Gasteiger partial charge in [0.25, 0.3) is 0 Å². The van der Waals surface area contributed by atoms with Gasteiger partial charge in [-0.15, -0.1) is 0 Å². The lowest BCUT2D eigenvalue weighted by Crippen LogP contribution is -2.20. The lowest BCUT2D eigenvalue weighted by atomic mass is 10.5. The fourth-order valence-corrected chi connectivity index (χ4v) is 0.490. The molecule has 0 amide bonds. The number of rotatable bonds is 3. The summed E-state index contributed by atoms with van der Waals surface area (Å²) < 4.78 is 44.3. The maximum Gasteiger partial charge on any atom is 0.369 e. The molecule has 0 aliphatic rings. The minimum atomic E-state index is -3.49. The Labute approximate surface area is 53.5 Å². The van der Waals surface area contributed by atoms with Crippen LogP contribution in [0.25, 0.3) is 0 Å². The molecule has 56 valence electrons. The van der Waals surface area contributed by atoms with Crippen molar-refractivity contribution < 1.29 is 21.7 Å². The highest BCUT2D eigenvalue weighted by Gasteiger charge is 2.29. The number of hydrogen-bond acceptors (Lipinski definition) is 2. The van der Waals surface area contributed by atoms with E-state index in [0.29, 0.717) is 0 Å². The van der Waals surface area contributed by atoms with Gasteiger partial charge in [-0.2, -0.15) is 17.2 Å². The smallest absolute Gasteiger partial charge is 0.284 e. The van der Waals surface area contributed by atoms with Crippen molar-refractivity contribution in [3.8, 4) is 0 Å². The standard InChI is InChI=1S/C3H6F2O3S/c1-2-3(4,5)8-9(6)7/h2H2,1H3,(H,6,7). The second kappa shape index (κ2) is 3.19. The van der Waals surface area contributed by atoms with Crippen LogP contribution >= 0.6 is 0 Å². The van der Waals surface area contributed by atoms with Crippen LogP contribution < -0.4 is 0 Å². The van der Waals surface area contributed by atoms with Crippen LogP contribution in [0.3, 0.4) is 0 Å². The summed E-state index contributed by atoms with van der Waals surface area (Å²) in [6.07, 6.45) is -4.10. The molecule has 6 heteroatoms. The Morgan fingerprint density at radius 1 is 1.78 bits per heavy atom. The van der Waals surface area contributed by atoms with E-state index in [1.165, 1.54) is 0 Å². The molecule has 0 bridgehead atoms. The van der Waals surface area contributed by atoms with E-state index in [0.717, 1.165) is 6.92 Å². The van der Waals surface area contributed by atoms with E-state index < -0.39 is 23.9 Å². The average molecular weight is 160 g/mol. The van der Waals surface area contributed by atoms with Gasteiger partial charge in [-0.1, -0.05) is 6.92 Å². The number of hydrogen-bond donors (Lipinski definition) is 1. The first-order valence-electron chi connectivity index (χ1n) is 2.16. The summed E-state index contributed by atoms with van der Waals surface area (Å²) in [5.74, 6) is 0. The monoisotopic (exact) mass is 160 g/mol. The van der Waals surface area contributed by atoms with Gasteiger partial charge in [-0.25, -0.2) is 0 Å². The van der Waals surface area contributed by atoms with Crippen molar-refractivity contribution in [2.75, 3.05) is 0 Å². The Morgan fingerprint density at radius 2 is 2.22 bits per heavy atom. The van der Waals surface area contributed by atoms with E-state index in [1.54, 1.807) is 0 Å². The van der Waals surface area contributed by atoms with Crippen LogP contribution in [-0.2, 0) is 15.5 Å². The zero-order valence-electron chi connectivity index (χ0n) is 4.63. The van der Waals surface area contributed by atoms with Crippen molar-refractivity contribution in [1.29, 1.82) is 0 Å². The zero-order chi connectivity index (χ0) is 7.49. The molecule has 0 saturated carbocycles. The van der Waals surface area contributed by atoms with Gasteiger partial charge in [0.1, 0.15) is 0 Å². The van der Waals surface area contributed by atoms with Crippen molar-refractivity contribution in [1.82, 2.24) is 0 Å². The first-order chi connectivity index (χ1) is 3.98. The molecule has 0 aliphatic heterocycles. The van der Waals surface area contributed by atoms with E-state index >= 15 is 0 Å². The highest BCUT2D eigenvalue weighted by Crippen LogP contribution is 2.19. The molecule has 0 rings (SSSR count). The Morgan fingerprint density at radius 3 is 2.33 bits per heavy atom. The SMILES string of the molecule is CCC(F)(F)OS(=O)O. The van der Waals surface area contributed by atoms with E-state index in [-0.39, 0.29) is 0 Å². The fourth-order valence-electron chi connectivity index (χ4n) is 0.163. The van der Waals surface area contributed by atoms with Crippen molar-refractivity contribution in [2.24, 2.45) is 0 Å². The molecule has 0 saturated heterocycles. The fraction of sp³-hybridized carbons (Fsp3) is 1.00. The third-order valence-electron chi connectivity index (χ3n) is 0.605. The maximum absolute atomic E-state index is 11.8. The normalized spacial score (nSPS) is 15.6. The Bertz CT molecular complexity index is 116. The van der Waals surface area contributed by atoms with Gasteiger partial charge in [0.15, 0.2) is 0 Å². The molecule has 0 aromatic heterocycles. The molecule has 0 aromatic rings. The van der Waals surface area contributed by atoms with Gasteiger partial charge in [0.05, 0.1) is 0 Å². The van der Waals surface area contributed by atoms with Gasteiger partial charge in [0.2, 0.25) is 0 Å². The summed E-state index contributed by atoms with van der Waals surface area (Å²) in [6.45, 7) is 1.15. The predicted octanol–water partition coefficient (Wildman–Crippen LogP) is 1.14. The second-order valence-electron chi connectivity index (χ2n) is 1.29. The Hall–Kier alpha value is -0.0700. The van der Waals surface area contributed by atoms with Gasteiger partial charge in [-0.3, -0.25) is 4.55 Å². The quantitative estimate of drug-likeness (QED) is 0.630. The summed E-state index contributed by atoms with van der Waals surface area (Å²) in [5, 5.41) is 0. The molecule has 3 nitrogen and oxygen atoms in total. The highest BCUT2D eigenvalue weighted by molar-refractivity contribution is 7.74.